The van der Waals surface area contributed by atoms with E-state index in [9.17, 15) is 0 Å². The number of rotatable bonds is 6. The van der Waals surface area contributed by atoms with Gasteiger partial charge in [-0.1, -0.05) is 6.42 Å². The number of piperidine rings is 2. The second-order valence-corrected chi connectivity index (χ2v) is 5.56. The van der Waals surface area contributed by atoms with Crippen LogP contribution in [0.5, 0.6) is 0 Å². The molecule has 2 aliphatic heterocycles. The molecule has 4 heteroatoms. The first-order valence-corrected chi connectivity index (χ1v) is 7.47. The Kier molecular flexibility index (Phi) is 6.41. The highest BCUT2D eigenvalue weighted by molar-refractivity contribution is 4.72. The van der Waals surface area contributed by atoms with Gasteiger partial charge >= 0.3 is 0 Å². The molecule has 0 bridgehead atoms. The Balaban J connectivity index is 1.55. The Labute approximate surface area is 111 Å². The van der Waals surface area contributed by atoms with Crippen molar-refractivity contribution in [2.24, 2.45) is 5.92 Å². The zero-order chi connectivity index (χ0) is 12.6. The van der Waals surface area contributed by atoms with Crippen LogP contribution in [-0.2, 0) is 9.57 Å². The van der Waals surface area contributed by atoms with Crippen LogP contribution in [0.25, 0.3) is 0 Å². The molecule has 0 saturated carbocycles. The van der Waals surface area contributed by atoms with Crippen LogP contribution in [0.1, 0.15) is 32.1 Å². The minimum Gasteiger partial charge on any atom is -0.383 e. The molecular weight excluding hydrogens is 228 g/mol. The van der Waals surface area contributed by atoms with Crippen LogP contribution < -0.4 is 0 Å². The predicted octanol–water partition coefficient (Wildman–Crippen LogP) is 1.76. The third-order valence-corrected chi connectivity index (χ3v) is 4.13. The zero-order valence-corrected chi connectivity index (χ0v) is 11.8. The van der Waals surface area contributed by atoms with E-state index in [0.717, 1.165) is 38.8 Å². The molecule has 0 aromatic carbocycles. The second kappa shape index (κ2) is 8.10. The van der Waals surface area contributed by atoms with Gasteiger partial charge in [0.15, 0.2) is 0 Å². The largest absolute Gasteiger partial charge is 0.383 e. The van der Waals surface area contributed by atoms with Crippen molar-refractivity contribution in [2.75, 3.05) is 53.0 Å². The van der Waals surface area contributed by atoms with Gasteiger partial charge in [0.1, 0.15) is 0 Å². The van der Waals surface area contributed by atoms with Crippen molar-refractivity contribution < 1.29 is 9.57 Å². The smallest absolute Gasteiger partial charge is 0.0714 e. The number of likely N-dealkylation sites (tertiary alicyclic amines) is 1. The Morgan fingerprint density at radius 2 is 1.72 bits per heavy atom. The first-order valence-electron chi connectivity index (χ1n) is 7.47. The zero-order valence-electron chi connectivity index (χ0n) is 11.8. The van der Waals surface area contributed by atoms with Crippen LogP contribution in [-0.4, -0.2) is 63.0 Å². The molecule has 2 rings (SSSR count). The van der Waals surface area contributed by atoms with Gasteiger partial charge < -0.3 is 9.64 Å². The molecule has 0 unspecified atom stereocenters. The van der Waals surface area contributed by atoms with Crippen LogP contribution in [0.3, 0.4) is 0 Å². The topological polar surface area (TPSA) is 24.9 Å². The molecule has 2 aliphatic rings. The summed E-state index contributed by atoms with van der Waals surface area (Å²) in [4.78, 5) is 8.43. The lowest BCUT2D eigenvalue weighted by Crippen LogP contribution is -2.38. The second-order valence-electron chi connectivity index (χ2n) is 5.56. The number of methoxy groups -OCH3 is 1. The number of ether oxygens (including phenoxy) is 1. The maximum absolute atomic E-state index is 5.93. The molecule has 0 amide bonds. The van der Waals surface area contributed by atoms with Crippen LogP contribution in [0.15, 0.2) is 0 Å². The summed E-state index contributed by atoms with van der Waals surface area (Å²) in [6.45, 7) is 7.54. The standard InChI is InChI=1S/C14H28N2O2/c1-17-12-11-15-9-5-14(6-10-15)13-18-16-7-3-2-4-8-16/h14H,2-13H2,1H3. The van der Waals surface area contributed by atoms with Gasteiger partial charge in [0, 0.05) is 26.7 Å². The number of hydrogen-bond acceptors (Lipinski definition) is 4. The molecule has 2 fully saturated rings. The molecule has 0 atom stereocenters. The van der Waals surface area contributed by atoms with Gasteiger partial charge in [-0.25, -0.2) is 0 Å². The molecule has 0 radical (unpaired) electrons. The van der Waals surface area contributed by atoms with Gasteiger partial charge in [0.05, 0.1) is 13.2 Å². The van der Waals surface area contributed by atoms with E-state index in [1.54, 1.807) is 7.11 Å². The van der Waals surface area contributed by atoms with Crippen LogP contribution in [0.4, 0.5) is 0 Å². The van der Waals surface area contributed by atoms with Gasteiger partial charge in [-0.3, -0.25) is 4.84 Å². The highest BCUT2D eigenvalue weighted by Gasteiger charge is 2.20. The molecule has 2 heterocycles. The molecule has 18 heavy (non-hydrogen) atoms. The average molecular weight is 256 g/mol. The van der Waals surface area contributed by atoms with E-state index in [2.05, 4.69) is 9.96 Å². The summed E-state index contributed by atoms with van der Waals surface area (Å²) in [5.41, 5.74) is 0. The molecule has 0 spiro atoms. The van der Waals surface area contributed by atoms with Crippen molar-refractivity contribution in [1.82, 2.24) is 9.96 Å². The predicted molar refractivity (Wildman–Crippen MR) is 72.4 cm³/mol. The number of hydrogen-bond donors (Lipinski definition) is 0. The summed E-state index contributed by atoms with van der Waals surface area (Å²) in [7, 11) is 1.78. The van der Waals surface area contributed by atoms with Gasteiger partial charge in [0.25, 0.3) is 0 Å². The van der Waals surface area contributed by atoms with Gasteiger partial charge in [-0.15, -0.1) is 0 Å². The number of nitrogens with zero attached hydrogens (tertiary/aromatic N) is 2. The van der Waals surface area contributed by atoms with Crippen molar-refractivity contribution in [1.29, 1.82) is 0 Å². The maximum atomic E-state index is 5.93. The lowest BCUT2D eigenvalue weighted by molar-refractivity contribution is -0.181. The maximum Gasteiger partial charge on any atom is 0.0714 e. The quantitative estimate of drug-likeness (QED) is 0.723. The summed E-state index contributed by atoms with van der Waals surface area (Å²) in [6.07, 6.45) is 6.53. The molecule has 2 saturated heterocycles. The summed E-state index contributed by atoms with van der Waals surface area (Å²) in [5.74, 6) is 0.755. The molecule has 0 N–H and O–H groups in total. The summed E-state index contributed by atoms with van der Waals surface area (Å²) in [6, 6.07) is 0. The van der Waals surface area contributed by atoms with E-state index in [1.165, 1.54) is 45.2 Å². The van der Waals surface area contributed by atoms with E-state index in [4.69, 9.17) is 9.57 Å². The first kappa shape index (κ1) is 14.3. The monoisotopic (exact) mass is 256 g/mol. The Hall–Kier alpha value is -0.160. The minimum absolute atomic E-state index is 0.755. The highest BCUT2D eigenvalue weighted by atomic mass is 16.7. The fraction of sp³-hybridized carbons (Fsp3) is 1.00. The van der Waals surface area contributed by atoms with Crippen molar-refractivity contribution in [3.63, 3.8) is 0 Å². The summed E-state index contributed by atoms with van der Waals surface area (Å²) >= 11 is 0. The summed E-state index contributed by atoms with van der Waals surface area (Å²) < 4.78 is 5.13. The first-order chi connectivity index (χ1) is 8.88. The summed E-state index contributed by atoms with van der Waals surface area (Å²) in [5, 5.41) is 2.18. The van der Waals surface area contributed by atoms with Crippen molar-refractivity contribution in [3.05, 3.63) is 0 Å². The van der Waals surface area contributed by atoms with Crippen molar-refractivity contribution in [2.45, 2.75) is 32.1 Å². The normalized spacial score (nSPS) is 24.5. The fourth-order valence-electron chi connectivity index (χ4n) is 2.80. The lowest BCUT2D eigenvalue weighted by atomic mass is 9.98. The molecule has 4 nitrogen and oxygen atoms in total. The lowest BCUT2D eigenvalue weighted by Gasteiger charge is -2.33. The molecule has 0 aromatic rings. The Morgan fingerprint density at radius 1 is 1.00 bits per heavy atom. The average Bonchev–Trinajstić information content (AvgIpc) is 2.45. The van der Waals surface area contributed by atoms with Gasteiger partial charge in [-0.05, 0) is 44.7 Å². The Morgan fingerprint density at radius 3 is 2.39 bits per heavy atom. The molecule has 106 valence electrons. The SMILES string of the molecule is COCCN1CCC(CON2CCCCC2)CC1. The van der Waals surface area contributed by atoms with Gasteiger partial charge in [0.2, 0.25) is 0 Å². The number of hydroxylamine groups is 2. The molecule has 0 aromatic heterocycles. The van der Waals surface area contributed by atoms with E-state index >= 15 is 0 Å². The Bertz CT molecular complexity index is 212. The minimum atomic E-state index is 0.755. The van der Waals surface area contributed by atoms with E-state index in [1.807, 2.05) is 0 Å². The fourth-order valence-corrected chi connectivity index (χ4v) is 2.80. The van der Waals surface area contributed by atoms with Crippen LogP contribution in [0, 0.1) is 5.92 Å². The third kappa shape index (κ3) is 4.84. The molecule has 0 aliphatic carbocycles. The highest BCUT2D eigenvalue weighted by Crippen LogP contribution is 2.18. The molecular formula is C14H28N2O2. The third-order valence-electron chi connectivity index (χ3n) is 4.13. The van der Waals surface area contributed by atoms with E-state index < -0.39 is 0 Å². The van der Waals surface area contributed by atoms with Crippen molar-refractivity contribution >= 4 is 0 Å². The van der Waals surface area contributed by atoms with E-state index in [-0.39, 0.29) is 0 Å². The van der Waals surface area contributed by atoms with Gasteiger partial charge in [-0.2, -0.15) is 5.06 Å². The van der Waals surface area contributed by atoms with Crippen LogP contribution >= 0.6 is 0 Å². The van der Waals surface area contributed by atoms with Crippen LogP contribution in [0.2, 0.25) is 0 Å². The van der Waals surface area contributed by atoms with Crippen molar-refractivity contribution in [3.8, 4) is 0 Å². The van der Waals surface area contributed by atoms with E-state index in [0.29, 0.717) is 0 Å².